The van der Waals surface area contributed by atoms with Gasteiger partial charge in [0.15, 0.2) is 0 Å². The predicted molar refractivity (Wildman–Crippen MR) is 161 cm³/mol. The van der Waals surface area contributed by atoms with Crippen LogP contribution in [0.4, 0.5) is 39.5 Å². The molecule has 3 aliphatic rings. The molecule has 1 atom stereocenters. The molecule has 0 bridgehead atoms. The SMILES string of the molecule is CCN1CCC2(CN(Cc3cccnc3)CC23CCN(Cc2cccs2)CC3)C1=O.O=C(O)C(F)(F)F.O=C(O)C(F)(F)F.O=C(O)C(F)(F)F. The van der Waals surface area contributed by atoms with E-state index in [0.717, 1.165) is 71.6 Å². The molecule has 21 heteroatoms. The van der Waals surface area contributed by atoms with E-state index in [-0.39, 0.29) is 10.8 Å². The fourth-order valence-electron chi connectivity index (χ4n) is 6.22. The van der Waals surface area contributed by atoms with Gasteiger partial charge >= 0.3 is 36.4 Å². The molecular weight excluding hydrogens is 731 g/mol. The van der Waals surface area contributed by atoms with E-state index in [2.05, 4.69) is 50.2 Å². The number of fused-ring (bicyclic) bond motifs is 1. The van der Waals surface area contributed by atoms with Gasteiger partial charge in [-0.2, -0.15) is 39.5 Å². The number of aliphatic carboxylic acids is 3. The Balaban J connectivity index is 0.000000352. The Labute approximate surface area is 289 Å². The minimum atomic E-state index is -5.08. The number of aromatic nitrogens is 1. The van der Waals surface area contributed by atoms with Crippen molar-refractivity contribution in [1.82, 2.24) is 19.7 Å². The van der Waals surface area contributed by atoms with Gasteiger partial charge < -0.3 is 20.2 Å². The number of alkyl halides is 9. The van der Waals surface area contributed by atoms with E-state index in [9.17, 15) is 44.3 Å². The Morgan fingerprint density at radius 3 is 1.71 bits per heavy atom. The monoisotopic (exact) mass is 766 g/mol. The maximum atomic E-state index is 13.6. The van der Waals surface area contributed by atoms with Crippen LogP contribution in [0.15, 0.2) is 42.0 Å². The summed E-state index contributed by atoms with van der Waals surface area (Å²) in [6, 6.07) is 8.55. The number of carboxylic acids is 3. The first-order chi connectivity index (χ1) is 23.5. The molecule has 0 radical (unpaired) electrons. The van der Waals surface area contributed by atoms with Crippen molar-refractivity contribution in [3.63, 3.8) is 0 Å². The summed E-state index contributed by atoms with van der Waals surface area (Å²) in [6.07, 6.45) is -8.17. The summed E-state index contributed by atoms with van der Waals surface area (Å²) < 4.78 is 95.2. The van der Waals surface area contributed by atoms with Crippen molar-refractivity contribution in [2.24, 2.45) is 10.8 Å². The third-order valence-corrected chi connectivity index (χ3v) is 9.41. The number of hydrogen-bond acceptors (Lipinski definition) is 8. The van der Waals surface area contributed by atoms with Crippen molar-refractivity contribution >= 4 is 35.2 Å². The molecule has 5 rings (SSSR count). The zero-order valence-electron chi connectivity index (χ0n) is 26.9. The number of carbonyl (C=O) groups excluding carboxylic acids is 1. The second-order valence-electron chi connectivity index (χ2n) is 11.8. The number of piperidine rings is 1. The molecule has 1 amide bonds. The average Bonchev–Trinajstić information content (AvgIpc) is 3.73. The number of nitrogens with zero attached hydrogens (tertiary/aromatic N) is 4. The summed E-state index contributed by atoms with van der Waals surface area (Å²) in [7, 11) is 0. The molecule has 0 saturated carbocycles. The van der Waals surface area contributed by atoms with E-state index < -0.39 is 36.4 Å². The number of hydrogen-bond donors (Lipinski definition) is 3. The zero-order valence-corrected chi connectivity index (χ0v) is 27.7. The van der Waals surface area contributed by atoms with Crippen molar-refractivity contribution < 1.29 is 74.0 Å². The quantitative estimate of drug-likeness (QED) is 0.339. The van der Waals surface area contributed by atoms with Crippen LogP contribution in [0.1, 0.15) is 36.6 Å². The van der Waals surface area contributed by atoms with Crippen LogP contribution in [0.5, 0.6) is 0 Å². The lowest BCUT2D eigenvalue weighted by Crippen LogP contribution is -2.52. The molecule has 1 unspecified atom stereocenters. The fraction of sp³-hybridized carbons (Fsp3) is 0.567. The Morgan fingerprint density at radius 2 is 1.31 bits per heavy atom. The number of halogens is 9. The lowest BCUT2D eigenvalue weighted by atomic mass is 9.60. The zero-order chi connectivity index (χ0) is 38.8. The van der Waals surface area contributed by atoms with Crippen molar-refractivity contribution in [3.05, 3.63) is 52.5 Å². The molecule has 11 nitrogen and oxygen atoms in total. The van der Waals surface area contributed by atoms with E-state index in [0.29, 0.717) is 5.91 Å². The van der Waals surface area contributed by atoms with E-state index in [1.165, 1.54) is 10.4 Å². The fourth-order valence-corrected chi connectivity index (χ4v) is 6.97. The smallest absolute Gasteiger partial charge is 0.475 e. The molecule has 2 aromatic heterocycles. The summed E-state index contributed by atoms with van der Waals surface area (Å²) in [5.74, 6) is -7.85. The second kappa shape index (κ2) is 17.5. The van der Waals surface area contributed by atoms with E-state index in [1.807, 2.05) is 29.8 Å². The largest absolute Gasteiger partial charge is 0.490 e. The van der Waals surface area contributed by atoms with Crippen LogP contribution in [0.25, 0.3) is 0 Å². The number of rotatable bonds is 5. The topological polar surface area (TPSA) is 152 Å². The molecular formula is C30H35F9N4O7S. The number of thiophene rings is 1. The van der Waals surface area contributed by atoms with Crippen LogP contribution in [-0.4, -0.2) is 117 Å². The van der Waals surface area contributed by atoms with Gasteiger partial charge in [0.05, 0.1) is 5.41 Å². The molecule has 0 aromatic carbocycles. The maximum absolute atomic E-state index is 13.6. The number of carboxylic acid groups (broad SMARTS) is 3. The molecule has 0 aliphatic carbocycles. The van der Waals surface area contributed by atoms with Crippen LogP contribution in [0.3, 0.4) is 0 Å². The third kappa shape index (κ3) is 12.1. The van der Waals surface area contributed by atoms with E-state index in [4.69, 9.17) is 29.7 Å². The van der Waals surface area contributed by atoms with Gasteiger partial charge in [0, 0.05) is 62.0 Å². The van der Waals surface area contributed by atoms with Crippen molar-refractivity contribution in [2.75, 3.05) is 39.3 Å². The number of carbonyl (C=O) groups is 4. The van der Waals surface area contributed by atoms with E-state index in [1.54, 1.807) is 0 Å². The molecule has 5 heterocycles. The van der Waals surface area contributed by atoms with Crippen molar-refractivity contribution in [1.29, 1.82) is 0 Å². The summed E-state index contributed by atoms with van der Waals surface area (Å²) in [5, 5.41) is 23.5. The van der Waals surface area contributed by atoms with Crippen LogP contribution in [0.2, 0.25) is 0 Å². The molecule has 51 heavy (non-hydrogen) atoms. The minimum absolute atomic E-state index is 0.113. The average molecular weight is 767 g/mol. The maximum Gasteiger partial charge on any atom is 0.490 e. The molecule has 3 aliphatic heterocycles. The van der Waals surface area contributed by atoms with E-state index >= 15 is 0 Å². The number of pyridine rings is 1. The summed E-state index contributed by atoms with van der Waals surface area (Å²) in [6.45, 7) is 9.97. The lowest BCUT2D eigenvalue weighted by Gasteiger charge is -2.47. The molecule has 2 aromatic rings. The van der Waals surface area contributed by atoms with Crippen LogP contribution in [-0.2, 0) is 32.3 Å². The minimum Gasteiger partial charge on any atom is -0.475 e. The number of likely N-dealkylation sites (tertiary alicyclic amines) is 3. The molecule has 286 valence electrons. The summed E-state index contributed by atoms with van der Waals surface area (Å²) in [4.78, 5) is 53.3. The molecule has 3 fully saturated rings. The standard InChI is InChI=1S/C24H32N4OS.3C2HF3O2/c1-2-28-13-9-24(22(28)29)19-27(16-20-5-3-10-25-15-20)18-23(24)7-11-26(12-8-23)17-21-6-4-14-30-21;3*3-2(4,5)1(6)7/h3-6,10,14-15H,2,7-9,11-13,16-19H2,1H3;3*(H,6,7). The van der Waals surface area contributed by atoms with Crippen LogP contribution in [0, 0.1) is 10.8 Å². The Hall–Kier alpha value is -3.98. The van der Waals surface area contributed by atoms with Gasteiger partial charge in [0.1, 0.15) is 0 Å². The first-order valence-corrected chi connectivity index (χ1v) is 15.9. The normalized spacial score (nSPS) is 20.5. The highest BCUT2D eigenvalue weighted by Crippen LogP contribution is 2.58. The first-order valence-electron chi connectivity index (χ1n) is 15.0. The second-order valence-corrected chi connectivity index (χ2v) is 12.8. The lowest BCUT2D eigenvalue weighted by molar-refractivity contribution is -0.193. The first kappa shape index (κ1) is 43.2. The van der Waals surface area contributed by atoms with Gasteiger partial charge in [-0.1, -0.05) is 12.1 Å². The van der Waals surface area contributed by atoms with Crippen LogP contribution >= 0.6 is 11.3 Å². The molecule has 2 spiro atoms. The van der Waals surface area contributed by atoms with Gasteiger partial charge in [-0.25, -0.2) is 14.4 Å². The summed E-state index contributed by atoms with van der Waals surface area (Å²) >= 11 is 1.85. The third-order valence-electron chi connectivity index (χ3n) is 8.55. The predicted octanol–water partition coefficient (Wildman–Crippen LogP) is 5.38. The Bertz CT molecular complexity index is 1390. The Kier molecular flexibility index (Phi) is 14.8. The highest BCUT2D eigenvalue weighted by atomic mass is 32.1. The highest BCUT2D eigenvalue weighted by Gasteiger charge is 2.64. The molecule has 3 N–H and O–H groups in total. The highest BCUT2D eigenvalue weighted by molar-refractivity contribution is 7.09. The van der Waals surface area contributed by atoms with Gasteiger partial charge in [-0.3, -0.25) is 19.6 Å². The van der Waals surface area contributed by atoms with Gasteiger partial charge in [0.25, 0.3) is 0 Å². The summed E-state index contributed by atoms with van der Waals surface area (Å²) in [5.41, 5.74) is 1.17. The van der Waals surface area contributed by atoms with Crippen molar-refractivity contribution in [3.8, 4) is 0 Å². The number of amides is 1. The van der Waals surface area contributed by atoms with Gasteiger partial charge in [0.2, 0.25) is 5.91 Å². The molecule has 3 saturated heterocycles. The van der Waals surface area contributed by atoms with Crippen LogP contribution < -0.4 is 0 Å². The van der Waals surface area contributed by atoms with Gasteiger partial charge in [-0.05, 0) is 62.4 Å². The van der Waals surface area contributed by atoms with Gasteiger partial charge in [-0.15, -0.1) is 11.3 Å². The van der Waals surface area contributed by atoms with Crippen molar-refractivity contribution in [2.45, 2.75) is 57.8 Å². The Morgan fingerprint density at radius 1 is 0.784 bits per heavy atom.